The molecule has 0 saturated carbocycles. The van der Waals surface area contributed by atoms with Crippen molar-refractivity contribution in [2.45, 2.75) is 32.7 Å². The molecule has 0 aliphatic heterocycles. The Morgan fingerprint density at radius 1 is 1.47 bits per heavy atom. The van der Waals surface area contributed by atoms with Crippen LogP contribution in [0.3, 0.4) is 0 Å². The highest BCUT2D eigenvalue weighted by atomic mass is 35.5. The Kier molecular flexibility index (Phi) is 5.42. The third-order valence-corrected chi connectivity index (χ3v) is 3.07. The molecule has 0 atom stereocenters. The van der Waals surface area contributed by atoms with Gasteiger partial charge in [0.2, 0.25) is 0 Å². The van der Waals surface area contributed by atoms with E-state index in [0.717, 1.165) is 0 Å². The van der Waals surface area contributed by atoms with E-state index in [4.69, 9.17) is 16.7 Å². The highest BCUT2D eigenvalue weighted by Gasteiger charge is 2.21. The molecule has 1 amide bonds. The van der Waals surface area contributed by atoms with Gasteiger partial charge in [0, 0.05) is 32.3 Å². The van der Waals surface area contributed by atoms with Crippen molar-refractivity contribution in [3.63, 3.8) is 0 Å². The maximum Gasteiger partial charge on any atom is 0.303 e. The Morgan fingerprint density at radius 2 is 2.11 bits per heavy atom. The van der Waals surface area contributed by atoms with Gasteiger partial charge in [0.25, 0.3) is 5.91 Å². The largest absolute Gasteiger partial charge is 0.481 e. The maximum absolute atomic E-state index is 12.4. The number of hydrogen-bond acceptors (Lipinski definition) is 2. The molecule has 0 radical (unpaired) electrons. The molecule has 1 aromatic heterocycles. The summed E-state index contributed by atoms with van der Waals surface area (Å²) in [7, 11) is 1.76. The minimum atomic E-state index is -0.849. The second-order valence-corrected chi connectivity index (χ2v) is 5.18. The van der Waals surface area contributed by atoms with E-state index in [1.807, 2.05) is 13.8 Å². The lowest BCUT2D eigenvalue weighted by molar-refractivity contribution is -0.137. The van der Waals surface area contributed by atoms with Crippen LogP contribution in [-0.4, -0.2) is 39.0 Å². The van der Waals surface area contributed by atoms with Gasteiger partial charge in [-0.3, -0.25) is 9.59 Å². The molecule has 0 unspecified atom stereocenters. The average Bonchev–Trinajstić information content (AvgIpc) is 2.62. The Balaban J connectivity index is 2.78. The van der Waals surface area contributed by atoms with E-state index >= 15 is 0 Å². The van der Waals surface area contributed by atoms with Crippen LogP contribution in [0.4, 0.5) is 0 Å². The third-order valence-electron chi connectivity index (χ3n) is 2.86. The number of hydrogen-bond donors (Lipinski definition) is 1. The monoisotopic (exact) mass is 286 g/mol. The van der Waals surface area contributed by atoms with E-state index in [1.165, 1.54) is 0 Å². The predicted molar refractivity (Wildman–Crippen MR) is 73.5 cm³/mol. The van der Waals surface area contributed by atoms with E-state index in [1.54, 1.807) is 28.8 Å². The van der Waals surface area contributed by atoms with Gasteiger partial charge < -0.3 is 14.6 Å². The van der Waals surface area contributed by atoms with Gasteiger partial charge in [0.05, 0.1) is 5.02 Å². The van der Waals surface area contributed by atoms with Crippen LogP contribution in [0.5, 0.6) is 0 Å². The van der Waals surface area contributed by atoms with Crippen molar-refractivity contribution >= 4 is 23.5 Å². The molecule has 0 aliphatic carbocycles. The van der Waals surface area contributed by atoms with Gasteiger partial charge in [0.15, 0.2) is 0 Å². The molecule has 1 N–H and O–H groups in total. The molecule has 1 rings (SSSR count). The molecule has 0 aliphatic rings. The summed E-state index contributed by atoms with van der Waals surface area (Å²) in [5.74, 6) is -0.979. The minimum Gasteiger partial charge on any atom is -0.481 e. The van der Waals surface area contributed by atoms with Gasteiger partial charge in [-0.2, -0.15) is 0 Å². The number of carboxylic acid groups (broad SMARTS) is 1. The number of aromatic nitrogens is 1. The number of carbonyl (C=O) groups is 2. The summed E-state index contributed by atoms with van der Waals surface area (Å²) < 4.78 is 1.68. The minimum absolute atomic E-state index is 0.00923. The van der Waals surface area contributed by atoms with Crippen LogP contribution < -0.4 is 0 Å². The van der Waals surface area contributed by atoms with Gasteiger partial charge in [0.1, 0.15) is 5.69 Å². The van der Waals surface area contributed by atoms with E-state index in [0.29, 0.717) is 23.7 Å². The normalized spacial score (nSPS) is 10.8. The Hall–Kier alpha value is -1.49. The number of nitrogens with zero attached hydrogens (tertiary/aromatic N) is 2. The van der Waals surface area contributed by atoms with E-state index in [2.05, 4.69) is 0 Å². The van der Waals surface area contributed by atoms with Crippen molar-refractivity contribution in [1.82, 2.24) is 9.47 Å². The number of aryl methyl sites for hydroxylation is 1. The topological polar surface area (TPSA) is 62.5 Å². The first-order valence-electron chi connectivity index (χ1n) is 6.17. The first-order valence-corrected chi connectivity index (χ1v) is 6.55. The smallest absolute Gasteiger partial charge is 0.303 e. The summed E-state index contributed by atoms with van der Waals surface area (Å²) in [6.07, 6.45) is 2.17. The van der Waals surface area contributed by atoms with Crippen molar-refractivity contribution in [3.05, 3.63) is 23.0 Å². The van der Waals surface area contributed by atoms with Gasteiger partial charge in [-0.25, -0.2) is 0 Å². The maximum atomic E-state index is 12.4. The quantitative estimate of drug-likeness (QED) is 0.873. The molecule has 19 heavy (non-hydrogen) atoms. The number of carbonyl (C=O) groups excluding carboxylic acids is 1. The molecule has 1 heterocycles. The molecule has 106 valence electrons. The SMILES string of the molecule is CC(C)N(CCCC(=O)O)C(=O)c1cc(Cl)cn1C. The number of carboxylic acids is 1. The summed E-state index contributed by atoms with van der Waals surface area (Å²) in [6, 6.07) is 1.63. The Bertz CT molecular complexity index is 468. The molecule has 0 saturated heterocycles. The highest BCUT2D eigenvalue weighted by Crippen LogP contribution is 2.16. The van der Waals surface area contributed by atoms with Crippen LogP contribution in [0.25, 0.3) is 0 Å². The van der Waals surface area contributed by atoms with E-state index in [9.17, 15) is 9.59 Å². The lowest BCUT2D eigenvalue weighted by atomic mass is 10.2. The molecule has 5 nitrogen and oxygen atoms in total. The van der Waals surface area contributed by atoms with Gasteiger partial charge in [-0.1, -0.05) is 11.6 Å². The molecule has 0 bridgehead atoms. The van der Waals surface area contributed by atoms with E-state index in [-0.39, 0.29) is 18.4 Å². The average molecular weight is 287 g/mol. The fraction of sp³-hybridized carbons (Fsp3) is 0.538. The van der Waals surface area contributed by atoms with Crippen molar-refractivity contribution in [2.24, 2.45) is 7.05 Å². The molecular formula is C13H19ClN2O3. The van der Waals surface area contributed by atoms with Gasteiger partial charge in [-0.05, 0) is 26.3 Å². The van der Waals surface area contributed by atoms with Crippen LogP contribution in [0.2, 0.25) is 5.02 Å². The molecule has 0 aromatic carbocycles. The zero-order valence-corrected chi connectivity index (χ0v) is 12.1. The molecule has 1 aromatic rings. The summed E-state index contributed by atoms with van der Waals surface area (Å²) in [4.78, 5) is 24.6. The molecular weight excluding hydrogens is 268 g/mol. The fourth-order valence-electron chi connectivity index (χ4n) is 1.88. The predicted octanol–water partition coefficient (Wildman–Crippen LogP) is 2.39. The first kappa shape index (κ1) is 15.6. The van der Waals surface area contributed by atoms with Crippen molar-refractivity contribution < 1.29 is 14.7 Å². The zero-order valence-electron chi connectivity index (χ0n) is 11.4. The van der Waals surface area contributed by atoms with Gasteiger partial charge in [-0.15, -0.1) is 0 Å². The molecule has 0 spiro atoms. The van der Waals surface area contributed by atoms with Crippen molar-refractivity contribution in [2.75, 3.05) is 6.54 Å². The second kappa shape index (κ2) is 6.61. The van der Waals surface area contributed by atoms with Crippen LogP contribution >= 0.6 is 11.6 Å². The number of aliphatic carboxylic acids is 1. The number of rotatable bonds is 6. The third kappa shape index (κ3) is 4.28. The lowest BCUT2D eigenvalue weighted by Gasteiger charge is -2.26. The van der Waals surface area contributed by atoms with Crippen molar-refractivity contribution in [3.8, 4) is 0 Å². The second-order valence-electron chi connectivity index (χ2n) is 4.74. The molecule has 0 fully saturated rings. The highest BCUT2D eigenvalue weighted by molar-refractivity contribution is 6.31. The van der Waals surface area contributed by atoms with Crippen LogP contribution in [0, 0.1) is 0 Å². The molecule has 6 heteroatoms. The number of amides is 1. The van der Waals surface area contributed by atoms with Crippen LogP contribution in [0.1, 0.15) is 37.2 Å². The first-order chi connectivity index (χ1) is 8.82. The summed E-state index contributed by atoms with van der Waals surface area (Å²) in [5.41, 5.74) is 0.508. The van der Waals surface area contributed by atoms with Crippen molar-refractivity contribution in [1.29, 1.82) is 0 Å². The lowest BCUT2D eigenvalue weighted by Crippen LogP contribution is -2.38. The van der Waals surface area contributed by atoms with Crippen LogP contribution in [0.15, 0.2) is 12.3 Å². The summed E-state index contributed by atoms with van der Waals surface area (Å²) >= 11 is 5.87. The zero-order chi connectivity index (χ0) is 14.6. The summed E-state index contributed by atoms with van der Waals surface area (Å²) in [5, 5.41) is 9.16. The van der Waals surface area contributed by atoms with E-state index < -0.39 is 5.97 Å². The fourth-order valence-corrected chi connectivity index (χ4v) is 2.13. The standard InChI is InChI=1S/C13H19ClN2O3/c1-9(2)16(6-4-5-12(17)18)13(19)11-7-10(14)8-15(11)3/h7-9H,4-6H2,1-3H3,(H,17,18). The van der Waals surface area contributed by atoms with Gasteiger partial charge >= 0.3 is 5.97 Å². The van der Waals surface area contributed by atoms with Crippen LogP contribution in [-0.2, 0) is 11.8 Å². The Labute approximate surface area is 117 Å². The Morgan fingerprint density at radius 3 is 2.53 bits per heavy atom. The number of halogens is 1. The summed E-state index contributed by atoms with van der Waals surface area (Å²) in [6.45, 7) is 4.23.